The molecule has 1 saturated carbocycles. The van der Waals surface area contributed by atoms with E-state index in [1.807, 2.05) is 24.3 Å². The summed E-state index contributed by atoms with van der Waals surface area (Å²) in [6.07, 6.45) is 4.34. The minimum absolute atomic E-state index is 0.00531. The molecule has 1 amide bonds. The standard InChI is InChI=1S/C24H32N2O4S/c1-17(2)19-9-13-22(14-10-19)30-18(3)24(27)25-20-11-15-23(16-12-20)31(28,29)26-21-7-5-4-6-8-21/h9-18,21,26H,4-8H2,1-3H3,(H,25,27). The van der Waals surface area contributed by atoms with Crippen LogP contribution in [-0.4, -0.2) is 26.5 Å². The molecule has 2 N–H and O–H groups in total. The first-order valence-electron chi connectivity index (χ1n) is 10.9. The minimum Gasteiger partial charge on any atom is -0.481 e. The first kappa shape index (κ1) is 23.3. The maximum Gasteiger partial charge on any atom is 0.265 e. The van der Waals surface area contributed by atoms with Gasteiger partial charge in [-0.25, -0.2) is 13.1 Å². The molecule has 0 spiro atoms. The van der Waals surface area contributed by atoms with Crippen LogP contribution in [0.4, 0.5) is 5.69 Å². The third-order valence-corrected chi connectivity index (χ3v) is 7.12. The molecule has 2 aromatic rings. The Morgan fingerprint density at radius 1 is 0.935 bits per heavy atom. The Kier molecular flexibility index (Phi) is 7.73. The van der Waals surface area contributed by atoms with E-state index in [0.29, 0.717) is 17.4 Å². The summed E-state index contributed by atoms with van der Waals surface area (Å²) in [5.41, 5.74) is 1.73. The number of hydrogen-bond donors (Lipinski definition) is 2. The Morgan fingerprint density at radius 2 is 1.55 bits per heavy atom. The second kappa shape index (κ2) is 10.3. The second-order valence-electron chi connectivity index (χ2n) is 8.45. The number of rotatable bonds is 8. The van der Waals surface area contributed by atoms with Crippen molar-refractivity contribution in [2.24, 2.45) is 0 Å². The van der Waals surface area contributed by atoms with Crippen molar-refractivity contribution in [2.45, 2.75) is 75.8 Å². The number of carbonyl (C=O) groups excluding carboxylic acids is 1. The van der Waals surface area contributed by atoms with Gasteiger partial charge in [-0.2, -0.15) is 0 Å². The highest BCUT2D eigenvalue weighted by atomic mass is 32.2. The Hall–Kier alpha value is -2.38. The molecular formula is C24H32N2O4S. The first-order chi connectivity index (χ1) is 14.7. The summed E-state index contributed by atoms with van der Waals surface area (Å²) in [6, 6.07) is 13.9. The summed E-state index contributed by atoms with van der Waals surface area (Å²) in [7, 11) is -3.56. The molecule has 0 saturated heterocycles. The molecule has 7 heteroatoms. The van der Waals surface area contributed by atoms with E-state index >= 15 is 0 Å². The summed E-state index contributed by atoms with van der Waals surface area (Å²) >= 11 is 0. The zero-order valence-electron chi connectivity index (χ0n) is 18.4. The molecule has 1 aliphatic rings. The lowest BCUT2D eigenvalue weighted by Crippen LogP contribution is -2.36. The molecule has 0 bridgehead atoms. The van der Waals surface area contributed by atoms with Crippen LogP contribution in [0.5, 0.6) is 5.75 Å². The van der Waals surface area contributed by atoms with E-state index in [-0.39, 0.29) is 16.8 Å². The van der Waals surface area contributed by atoms with Crippen molar-refractivity contribution in [2.75, 3.05) is 5.32 Å². The Labute approximate surface area is 185 Å². The van der Waals surface area contributed by atoms with Crippen molar-refractivity contribution in [3.05, 3.63) is 54.1 Å². The largest absolute Gasteiger partial charge is 0.481 e. The SMILES string of the molecule is CC(Oc1ccc(C(C)C)cc1)C(=O)Nc1ccc(S(=O)(=O)NC2CCCCC2)cc1. The summed E-state index contributed by atoms with van der Waals surface area (Å²) in [5, 5.41) is 2.77. The van der Waals surface area contributed by atoms with Crippen molar-refractivity contribution < 1.29 is 17.9 Å². The van der Waals surface area contributed by atoms with Gasteiger partial charge in [0.15, 0.2) is 6.10 Å². The number of anilines is 1. The summed E-state index contributed by atoms with van der Waals surface area (Å²) in [4.78, 5) is 12.7. The van der Waals surface area contributed by atoms with Crippen molar-refractivity contribution in [3.8, 4) is 5.75 Å². The van der Waals surface area contributed by atoms with Crippen LogP contribution in [0.2, 0.25) is 0 Å². The molecule has 0 heterocycles. The molecule has 1 aliphatic carbocycles. The average molecular weight is 445 g/mol. The maximum absolute atomic E-state index is 12.6. The van der Waals surface area contributed by atoms with Crippen molar-refractivity contribution >= 4 is 21.6 Å². The van der Waals surface area contributed by atoms with Crippen molar-refractivity contribution in [1.82, 2.24) is 4.72 Å². The van der Waals surface area contributed by atoms with Crippen LogP contribution in [0.25, 0.3) is 0 Å². The van der Waals surface area contributed by atoms with Crippen molar-refractivity contribution in [1.29, 1.82) is 0 Å². The van der Waals surface area contributed by atoms with E-state index in [1.165, 1.54) is 17.7 Å². The number of benzene rings is 2. The minimum atomic E-state index is -3.56. The summed E-state index contributed by atoms with van der Waals surface area (Å²) < 4.78 is 33.7. The fraction of sp³-hybridized carbons (Fsp3) is 0.458. The van der Waals surface area contributed by atoms with Crippen LogP contribution in [-0.2, 0) is 14.8 Å². The lowest BCUT2D eigenvalue weighted by molar-refractivity contribution is -0.122. The van der Waals surface area contributed by atoms with Gasteiger partial charge in [0.1, 0.15) is 5.75 Å². The number of sulfonamides is 1. The molecule has 0 radical (unpaired) electrons. The molecule has 1 fully saturated rings. The van der Waals surface area contributed by atoms with Gasteiger partial charge in [0.05, 0.1) is 4.90 Å². The van der Waals surface area contributed by atoms with Gasteiger partial charge < -0.3 is 10.1 Å². The van der Waals surface area contributed by atoms with Gasteiger partial charge in [-0.15, -0.1) is 0 Å². The lowest BCUT2D eigenvalue weighted by atomic mass is 9.96. The molecule has 2 aromatic carbocycles. The van der Waals surface area contributed by atoms with Crippen LogP contribution in [0.15, 0.2) is 53.4 Å². The molecule has 1 unspecified atom stereocenters. The van der Waals surface area contributed by atoms with E-state index < -0.39 is 16.1 Å². The van der Waals surface area contributed by atoms with Crippen LogP contribution in [0, 0.1) is 0 Å². The zero-order valence-corrected chi connectivity index (χ0v) is 19.2. The summed E-state index contributed by atoms with van der Waals surface area (Å²) in [5.74, 6) is 0.755. The van der Waals surface area contributed by atoms with Gasteiger partial charge in [-0.05, 0) is 67.6 Å². The van der Waals surface area contributed by atoms with Gasteiger partial charge in [0.25, 0.3) is 5.91 Å². The Balaban J connectivity index is 1.56. The lowest BCUT2D eigenvalue weighted by Gasteiger charge is -2.22. The fourth-order valence-corrected chi connectivity index (χ4v) is 4.96. The average Bonchev–Trinajstić information content (AvgIpc) is 2.75. The van der Waals surface area contributed by atoms with Crippen LogP contribution < -0.4 is 14.8 Å². The predicted octanol–water partition coefficient (Wildman–Crippen LogP) is 4.83. The van der Waals surface area contributed by atoms with Gasteiger partial charge >= 0.3 is 0 Å². The van der Waals surface area contributed by atoms with Gasteiger partial charge in [0.2, 0.25) is 10.0 Å². The molecule has 6 nitrogen and oxygen atoms in total. The fourth-order valence-electron chi connectivity index (χ4n) is 3.66. The van der Waals surface area contributed by atoms with E-state index in [1.54, 1.807) is 19.1 Å². The summed E-state index contributed by atoms with van der Waals surface area (Å²) in [6.45, 7) is 5.92. The first-order valence-corrected chi connectivity index (χ1v) is 12.4. The van der Waals surface area contributed by atoms with Crippen LogP contribution in [0.1, 0.15) is 64.4 Å². The highest BCUT2D eigenvalue weighted by molar-refractivity contribution is 7.89. The quantitative estimate of drug-likeness (QED) is 0.611. The maximum atomic E-state index is 12.6. The highest BCUT2D eigenvalue weighted by Gasteiger charge is 2.22. The monoisotopic (exact) mass is 444 g/mol. The van der Waals surface area contributed by atoms with E-state index in [9.17, 15) is 13.2 Å². The number of hydrogen-bond acceptors (Lipinski definition) is 4. The molecule has 1 atom stereocenters. The zero-order chi connectivity index (χ0) is 22.4. The normalized spacial score (nSPS) is 16.1. The van der Waals surface area contributed by atoms with E-state index in [0.717, 1.165) is 32.1 Å². The molecule has 3 rings (SSSR count). The molecule has 0 aromatic heterocycles. The van der Waals surface area contributed by atoms with E-state index in [2.05, 4.69) is 23.9 Å². The number of carbonyl (C=O) groups is 1. The van der Waals surface area contributed by atoms with Crippen LogP contribution >= 0.6 is 0 Å². The Bertz CT molecular complexity index is 964. The van der Waals surface area contributed by atoms with E-state index in [4.69, 9.17) is 4.74 Å². The number of ether oxygens (including phenoxy) is 1. The molecule has 168 valence electrons. The highest BCUT2D eigenvalue weighted by Crippen LogP contribution is 2.22. The van der Waals surface area contributed by atoms with Crippen LogP contribution in [0.3, 0.4) is 0 Å². The van der Waals surface area contributed by atoms with Gasteiger partial charge in [0, 0.05) is 11.7 Å². The smallest absolute Gasteiger partial charge is 0.265 e. The van der Waals surface area contributed by atoms with Crippen molar-refractivity contribution in [3.63, 3.8) is 0 Å². The van der Waals surface area contributed by atoms with Gasteiger partial charge in [-0.1, -0.05) is 45.2 Å². The molecular weight excluding hydrogens is 412 g/mol. The third kappa shape index (κ3) is 6.55. The predicted molar refractivity (Wildman–Crippen MR) is 123 cm³/mol. The third-order valence-electron chi connectivity index (χ3n) is 5.59. The van der Waals surface area contributed by atoms with Gasteiger partial charge in [-0.3, -0.25) is 4.79 Å². The second-order valence-corrected chi connectivity index (χ2v) is 10.2. The Morgan fingerprint density at radius 3 is 2.13 bits per heavy atom. The number of amides is 1. The molecule has 0 aliphatic heterocycles. The topological polar surface area (TPSA) is 84.5 Å². The number of nitrogens with one attached hydrogen (secondary N) is 2. The molecule has 31 heavy (non-hydrogen) atoms.